The van der Waals surface area contributed by atoms with Crippen LogP contribution in [0.5, 0.6) is 0 Å². The van der Waals surface area contributed by atoms with Crippen LogP contribution in [0.3, 0.4) is 0 Å². The lowest BCUT2D eigenvalue weighted by Gasteiger charge is -2.39. The van der Waals surface area contributed by atoms with Gasteiger partial charge in [0.2, 0.25) is 5.91 Å². The Hall–Kier alpha value is -0.570. The molecule has 17 heavy (non-hydrogen) atoms. The van der Waals surface area contributed by atoms with Crippen LogP contribution >= 0.6 is 0 Å². The molecule has 0 N–H and O–H groups in total. The van der Waals surface area contributed by atoms with Crippen molar-refractivity contribution in [3.8, 4) is 0 Å². The van der Waals surface area contributed by atoms with Gasteiger partial charge < -0.3 is 9.38 Å². The van der Waals surface area contributed by atoms with Gasteiger partial charge in [0.15, 0.2) is 0 Å². The number of likely N-dealkylation sites (tertiary alicyclic amines) is 2. The highest BCUT2D eigenvalue weighted by Crippen LogP contribution is 2.38. The molecular formula is C14H27N2O+. The van der Waals surface area contributed by atoms with E-state index in [9.17, 15) is 4.79 Å². The van der Waals surface area contributed by atoms with Gasteiger partial charge in [-0.1, -0.05) is 13.8 Å². The second-order valence-electron chi connectivity index (χ2n) is 6.56. The molecule has 98 valence electrons. The van der Waals surface area contributed by atoms with Gasteiger partial charge in [0.05, 0.1) is 25.7 Å². The summed E-state index contributed by atoms with van der Waals surface area (Å²) in [5.74, 6) is 0.502. The van der Waals surface area contributed by atoms with Crippen molar-refractivity contribution in [2.45, 2.75) is 58.7 Å². The summed E-state index contributed by atoms with van der Waals surface area (Å²) < 4.78 is 1.16. The van der Waals surface area contributed by atoms with Crippen LogP contribution in [0.2, 0.25) is 0 Å². The first kappa shape index (κ1) is 12.9. The molecule has 2 fully saturated rings. The number of hydrogen-bond acceptors (Lipinski definition) is 1. The minimum absolute atomic E-state index is 0.146. The molecule has 0 saturated carbocycles. The van der Waals surface area contributed by atoms with E-state index in [1.807, 2.05) is 13.8 Å². The highest BCUT2D eigenvalue weighted by atomic mass is 16.2. The number of carbonyl (C=O) groups excluding carboxylic acids is 1. The molecular weight excluding hydrogens is 212 g/mol. The lowest BCUT2D eigenvalue weighted by molar-refractivity contribution is -0.940. The second-order valence-corrected chi connectivity index (χ2v) is 6.56. The first-order chi connectivity index (χ1) is 7.88. The Bertz CT molecular complexity index is 313. The third-order valence-corrected chi connectivity index (χ3v) is 5.13. The standard InChI is InChI=1S/C14H27N2O/c1-10(2)14(17)15-8-6-13-12(15)7-9-16(13,5)11(3)4/h10-13H,6-9H2,1-5H3/q+1. The fraction of sp³-hybridized carbons (Fsp3) is 0.929. The van der Waals surface area contributed by atoms with Crippen molar-refractivity contribution in [1.29, 1.82) is 0 Å². The Kier molecular flexibility index (Phi) is 3.23. The maximum Gasteiger partial charge on any atom is 0.225 e. The number of fused-ring (bicyclic) bond motifs is 1. The average molecular weight is 239 g/mol. The van der Waals surface area contributed by atoms with Gasteiger partial charge in [0.25, 0.3) is 0 Å². The van der Waals surface area contributed by atoms with Gasteiger partial charge in [-0.3, -0.25) is 4.79 Å². The van der Waals surface area contributed by atoms with Crippen molar-refractivity contribution in [2.75, 3.05) is 20.1 Å². The molecule has 2 aliphatic heterocycles. The molecule has 0 aromatic carbocycles. The Morgan fingerprint density at radius 1 is 1.24 bits per heavy atom. The van der Waals surface area contributed by atoms with Gasteiger partial charge in [0.1, 0.15) is 6.04 Å². The molecule has 3 atom stereocenters. The first-order valence-corrected chi connectivity index (χ1v) is 7.03. The van der Waals surface area contributed by atoms with E-state index in [-0.39, 0.29) is 5.92 Å². The monoisotopic (exact) mass is 239 g/mol. The van der Waals surface area contributed by atoms with Gasteiger partial charge in [0, 0.05) is 25.3 Å². The zero-order valence-electron chi connectivity index (χ0n) is 11.9. The van der Waals surface area contributed by atoms with E-state index in [1.54, 1.807) is 0 Å². The average Bonchev–Trinajstić information content (AvgIpc) is 2.79. The Balaban J connectivity index is 2.15. The molecule has 0 aromatic heterocycles. The molecule has 0 aliphatic carbocycles. The van der Waals surface area contributed by atoms with Crippen LogP contribution in [0.25, 0.3) is 0 Å². The summed E-state index contributed by atoms with van der Waals surface area (Å²) in [7, 11) is 2.37. The van der Waals surface area contributed by atoms with Crippen LogP contribution in [0.1, 0.15) is 40.5 Å². The maximum absolute atomic E-state index is 12.2. The highest BCUT2D eigenvalue weighted by molar-refractivity contribution is 5.78. The molecule has 2 heterocycles. The lowest BCUT2D eigenvalue weighted by Crippen LogP contribution is -2.54. The summed E-state index contributed by atoms with van der Waals surface area (Å²) in [6, 6.07) is 1.86. The normalized spacial score (nSPS) is 37.0. The Morgan fingerprint density at radius 3 is 2.41 bits per heavy atom. The van der Waals surface area contributed by atoms with E-state index in [2.05, 4.69) is 25.8 Å². The summed E-state index contributed by atoms with van der Waals surface area (Å²) in [6.07, 6.45) is 2.38. The Labute approximate surface area is 105 Å². The minimum atomic E-state index is 0.146. The molecule has 2 rings (SSSR count). The molecule has 2 aliphatic rings. The van der Waals surface area contributed by atoms with Crippen LogP contribution in [-0.4, -0.2) is 53.6 Å². The second kappa shape index (κ2) is 4.27. The van der Waals surface area contributed by atoms with Crippen molar-refractivity contribution in [3.63, 3.8) is 0 Å². The molecule has 2 saturated heterocycles. The van der Waals surface area contributed by atoms with Gasteiger partial charge in [-0.2, -0.15) is 0 Å². The topological polar surface area (TPSA) is 20.3 Å². The first-order valence-electron chi connectivity index (χ1n) is 7.03. The fourth-order valence-corrected chi connectivity index (χ4v) is 3.70. The molecule has 0 bridgehead atoms. The van der Waals surface area contributed by atoms with E-state index >= 15 is 0 Å². The fourth-order valence-electron chi connectivity index (χ4n) is 3.70. The molecule has 0 spiro atoms. The molecule has 3 heteroatoms. The summed E-state index contributed by atoms with van der Waals surface area (Å²) in [6.45, 7) is 10.9. The van der Waals surface area contributed by atoms with E-state index in [0.29, 0.717) is 24.0 Å². The molecule has 3 nitrogen and oxygen atoms in total. The van der Waals surface area contributed by atoms with Gasteiger partial charge in [-0.15, -0.1) is 0 Å². The minimum Gasteiger partial charge on any atom is -0.333 e. The summed E-state index contributed by atoms with van der Waals surface area (Å²) in [5.41, 5.74) is 0. The predicted molar refractivity (Wildman–Crippen MR) is 69.5 cm³/mol. The van der Waals surface area contributed by atoms with Crippen molar-refractivity contribution < 1.29 is 9.28 Å². The third kappa shape index (κ3) is 1.88. The smallest absolute Gasteiger partial charge is 0.225 e. The van der Waals surface area contributed by atoms with Crippen LogP contribution < -0.4 is 0 Å². The van der Waals surface area contributed by atoms with Gasteiger partial charge in [-0.05, 0) is 13.8 Å². The number of hydrogen-bond donors (Lipinski definition) is 0. The van der Waals surface area contributed by atoms with Crippen LogP contribution in [0.15, 0.2) is 0 Å². The van der Waals surface area contributed by atoms with E-state index in [4.69, 9.17) is 0 Å². The summed E-state index contributed by atoms with van der Waals surface area (Å²) >= 11 is 0. The predicted octanol–water partition coefficient (Wildman–Crippen LogP) is 1.87. The Morgan fingerprint density at radius 2 is 1.88 bits per heavy atom. The highest BCUT2D eigenvalue weighted by Gasteiger charge is 2.53. The zero-order valence-corrected chi connectivity index (χ0v) is 11.9. The van der Waals surface area contributed by atoms with Gasteiger partial charge >= 0.3 is 0 Å². The van der Waals surface area contributed by atoms with Crippen LogP contribution in [-0.2, 0) is 4.79 Å². The molecule has 0 aromatic rings. The zero-order chi connectivity index (χ0) is 12.8. The molecule has 3 unspecified atom stereocenters. The number of quaternary nitrogens is 1. The van der Waals surface area contributed by atoms with Crippen LogP contribution in [0.4, 0.5) is 0 Å². The van der Waals surface area contributed by atoms with Crippen molar-refractivity contribution >= 4 is 5.91 Å². The van der Waals surface area contributed by atoms with Crippen molar-refractivity contribution in [2.24, 2.45) is 5.92 Å². The number of carbonyl (C=O) groups is 1. The van der Waals surface area contributed by atoms with Crippen molar-refractivity contribution in [3.05, 3.63) is 0 Å². The third-order valence-electron chi connectivity index (χ3n) is 5.13. The van der Waals surface area contributed by atoms with Crippen LogP contribution in [0, 0.1) is 5.92 Å². The number of amides is 1. The van der Waals surface area contributed by atoms with E-state index < -0.39 is 0 Å². The summed E-state index contributed by atoms with van der Waals surface area (Å²) in [5, 5.41) is 0. The number of likely N-dealkylation sites (N-methyl/N-ethyl adjacent to an activating group) is 1. The molecule has 0 radical (unpaired) electrons. The molecule has 1 amide bonds. The largest absolute Gasteiger partial charge is 0.333 e. The van der Waals surface area contributed by atoms with E-state index in [1.165, 1.54) is 19.4 Å². The SMILES string of the molecule is CC(C)C(=O)N1CCC2C1CC[N+]2(C)C(C)C. The lowest BCUT2D eigenvalue weighted by atomic mass is 10.1. The number of rotatable bonds is 2. The summed E-state index contributed by atoms with van der Waals surface area (Å²) in [4.78, 5) is 14.4. The number of nitrogens with zero attached hydrogens (tertiary/aromatic N) is 2. The maximum atomic E-state index is 12.2. The van der Waals surface area contributed by atoms with Crippen molar-refractivity contribution in [1.82, 2.24) is 4.90 Å². The van der Waals surface area contributed by atoms with E-state index in [0.717, 1.165) is 11.0 Å². The quantitative estimate of drug-likeness (QED) is 0.674. The van der Waals surface area contributed by atoms with Gasteiger partial charge in [-0.25, -0.2) is 0 Å².